The molecular weight excluding hydrogens is 281 g/mol. The van der Waals surface area contributed by atoms with Crippen molar-refractivity contribution in [1.29, 1.82) is 0 Å². The second-order valence-electron chi connectivity index (χ2n) is 5.15. The van der Waals surface area contributed by atoms with E-state index in [1.807, 2.05) is 72.9 Å². The average Bonchev–Trinajstić information content (AvgIpc) is 2.59. The quantitative estimate of drug-likeness (QED) is 0.195. The van der Waals surface area contributed by atoms with Crippen LogP contribution in [0.2, 0.25) is 6.32 Å². The Hall–Kier alpha value is -2.10. The van der Waals surface area contributed by atoms with Crippen LogP contribution >= 0.6 is 0 Å². The summed E-state index contributed by atoms with van der Waals surface area (Å²) in [5.74, 6) is 0. The van der Waals surface area contributed by atoms with Crippen LogP contribution in [-0.4, -0.2) is 33.9 Å². The third kappa shape index (κ3) is 10.3. The molecule has 0 aromatic heterocycles. The standard InChI is InChI=1S/C19H26BN3/c1-23(19-13-7-6-8-14-19)22-18-12-5-4-11-17-21-16-10-3-2-9-15-20/h4-8,11-14,17-18H,2-3,9-10,15-16H2,1H3/b11-4-,12-5+,21-17?,22-18+. The van der Waals surface area contributed by atoms with Gasteiger partial charge in [0, 0.05) is 26.0 Å². The summed E-state index contributed by atoms with van der Waals surface area (Å²) >= 11 is 0. The molecule has 0 fully saturated rings. The van der Waals surface area contributed by atoms with Gasteiger partial charge in [-0.15, -0.1) is 0 Å². The van der Waals surface area contributed by atoms with Gasteiger partial charge in [0.15, 0.2) is 0 Å². The molecule has 0 amide bonds. The van der Waals surface area contributed by atoms with Crippen molar-refractivity contribution < 1.29 is 0 Å². The van der Waals surface area contributed by atoms with Gasteiger partial charge < -0.3 is 0 Å². The number of anilines is 1. The summed E-state index contributed by atoms with van der Waals surface area (Å²) in [6, 6.07) is 10.0. The third-order valence-electron chi connectivity index (χ3n) is 3.22. The normalized spacial score (nSPS) is 12.2. The highest BCUT2D eigenvalue weighted by atomic mass is 15.4. The Labute approximate surface area is 141 Å². The maximum absolute atomic E-state index is 5.45. The Morgan fingerprint density at radius 3 is 2.35 bits per heavy atom. The third-order valence-corrected chi connectivity index (χ3v) is 3.22. The monoisotopic (exact) mass is 307 g/mol. The number of unbranched alkanes of at least 4 members (excludes halogenated alkanes) is 3. The first-order chi connectivity index (χ1) is 11.3. The SMILES string of the molecule is [B]CCCCCCN=C\C=C/C=C/C=N/N(C)c1ccccc1. The summed E-state index contributed by atoms with van der Waals surface area (Å²) in [5.41, 5.74) is 1.06. The van der Waals surface area contributed by atoms with Crippen LogP contribution < -0.4 is 5.01 Å². The molecule has 1 rings (SSSR count). The van der Waals surface area contributed by atoms with E-state index in [4.69, 9.17) is 7.85 Å². The highest BCUT2D eigenvalue weighted by molar-refractivity contribution is 6.08. The zero-order valence-electron chi connectivity index (χ0n) is 14.0. The van der Waals surface area contributed by atoms with Crippen molar-refractivity contribution in [1.82, 2.24) is 0 Å². The molecule has 0 aliphatic rings. The van der Waals surface area contributed by atoms with Crippen molar-refractivity contribution >= 4 is 26.0 Å². The molecule has 0 saturated carbocycles. The predicted octanol–water partition coefficient (Wildman–Crippen LogP) is 4.44. The molecule has 3 nitrogen and oxygen atoms in total. The molecule has 0 N–H and O–H groups in total. The van der Waals surface area contributed by atoms with Crippen molar-refractivity contribution in [2.24, 2.45) is 10.1 Å². The summed E-state index contributed by atoms with van der Waals surface area (Å²) in [7, 11) is 7.37. The van der Waals surface area contributed by atoms with Crippen molar-refractivity contribution in [2.45, 2.75) is 32.0 Å². The zero-order valence-corrected chi connectivity index (χ0v) is 14.0. The molecule has 120 valence electrons. The van der Waals surface area contributed by atoms with Gasteiger partial charge in [-0.05, 0) is 30.7 Å². The number of hydrazone groups is 1. The van der Waals surface area contributed by atoms with E-state index in [-0.39, 0.29) is 0 Å². The number of benzene rings is 1. The van der Waals surface area contributed by atoms with Crippen molar-refractivity contribution in [3.05, 3.63) is 54.6 Å². The van der Waals surface area contributed by atoms with E-state index in [0.717, 1.165) is 31.4 Å². The molecule has 0 unspecified atom stereocenters. The molecule has 0 saturated heterocycles. The summed E-state index contributed by atoms with van der Waals surface area (Å²) in [6.07, 6.45) is 16.8. The first kappa shape index (κ1) is 19.0. The molecule has 4 heteroatoms. The highest BCUT2D eigenvalue weighted by Crippen LogP contribution is 2.10. The van der Waals surface area contributed by atoms with Crippen LogP contribution in [0.25, 0.3) is 0 Å². The molecule has 0 bridgehead atoms. The minimum Gasteiger partial charge on any atom is -0.293 e. The molecule has 0 aliphatic carbocycles. The Morgan fingerprint density at radius 1 is 0.913 bits per heavy atom. The van der Waals surface area contributed by atoms with Crippen molar-refractivity contribution in [3.8, 4) is 0 Å². The first-order valence-electron chi connectivity index (χ1n) is 8.19. The molecule has 2 radical (unpaired) electrons. The van der Waals surface area contributed by atoms with E-state index in [2.05, 4.69) is 10.1 Å². The second kappa shape index (κ2) is 13.6. The first-order valence-corrected chi connectivity index (χ1v) is 8.19. The summed E-state index contributed by atoms with van der Waals surface area (Å²) < 4.78 is 0. The molecule has 0 atom stereocenters. The maximum Gasteiger partial charge on any atom is 0.0653 e. The lowest BCUT2D eigenvalue weighted by atomic mass is 9.99. The van der Waals surface area contributed by atoms with Crippen LogP contribution in [0.3, 0.4) is 0 Å². The fraction of sp³-hybridized carbons (Fsp3) is 0.368. The van der Waals surface area contributed by atoms with Gasteiger partial charge >= 0.3 is 0 Å². The van der Waals surface area contributed by atoms with E-state index in [0.29, 0.717) is 0 Å². The van der Waals surface area contributed by atoms with Crippen LogP contribution in [-0.2, 0) is 0 Å². The topological polar surface area (TPSA) is 28.0 Å². The molecule has 1 aromatic rings. The van der Waals surface area contributed by atoms with E-state index >= 15 is 0 Å². The zero-order chi connectivity index (χ0) is 16.6. The maximum atomic E-state index is 5.45. The van der Waals surface area contributed by atoms with E-state index < -0.39 is 0 Å². The predicted molar refractivity (Wildman–Crippen MR) is 104 cm³/mol. The molecule has 0 aliphatic heterocycles. The Kier molecular flexibility index (Phi) is 11.2. The number of nitrogens with zero attached hydrogens (tertiary/aromatic N) is 3. The largest absolute Gasteiger partial charge is 0.293 e. The number of allylic oxidation sites excluding steroid dienone is 4. The number of aliphatic imine (C=N–C) groups is 1. The van der Waals surface area contributed by atoms with Crippen LogP contribution in [0.4, 0.5) is 5.69 Å². The van der Waals surface area contributed by atoms with Gasteiger partial charge in [-0.25, -0.2) is 0 Å². The number of hydrogen-bond acceptors (Lipinski definition) is 3. The Morgan fingerprint density at radius 2 is 1.61 bits per heavy atom. The van der Waals surface area contributed by atoms with Gasteiger partial charge in [0.05, 0.1) is 13.5 Å². The summed E-state index contributed by atoms with van der Waals surface area (Å²) in [4.78, 5) is 4.34. The summed E-state index contributed by atoms with van der Waals surface area (Å²) in [6.45, 7) is 0.891. The second-order valence-corrected chi connectivity index (χ2v) is 5.15. The molecule has 1 aromatic carbocycles. The fourth-order valence-corrected chi connectivity index (χ4v) is 1.91. The Bertz CT molecular complexity index is 507. The highest BCUT2D eigenvalue weighted by Gasteiger charge is 1.93. The minimum atomic E-state index is 0.794. The lowest BCUT2D eigenvalue weighted by molar-refractivity contribution is 0.675. The van der Waals surface area contributed by atoms with E-state index in [9.17, 15) is 0 Å². The van der Waals surface area contributed by atoms with Crippen LogP contribution in [0.15, 0.2) is 64.7 Å². The lowest BCUT2D eigenvalue weighted by Crippen LogP contribution is -2.07. The lowest BCUT2D eigenvalue weighted by Gasteiger charge is -2.11. The van der Waals surface area contributed by atoms with Gasteiger partial charge in [-0.3, -0.25) is 10.0 Å². The van der Waals surface area contributed by atoms with Crippen LogP contribution in [0, 0.1) is 0 Å². The molecule has 0 spiro atoms. The van der Waals surface area contributed by atoms with Gasteiger partial charge in [0.2, 0.25) is 0 Å². The number of para-hydroxylation sites is 1. The van der Waals surface area contributed by atoms with Crippen LogP contribution in [0.1, 0.15) is 25.7 Å². The van der Waals surface area contributed by atoms with Crippen molar-refractivity contribution in [2.75, 3.05) is 18.6 Å². The average molecular weight is 307 g/mol. The molecule has 23 heavy (non-hydrogen) atoms. The number of hydrogen-bond donors (Lipinski definition) is 0. The molecule has 0 heterocycles. The van der Waals surface area contributed by atoms with Gasteiger partial charge in [0.1, 0.15) is 0 Å². The molecular formula is C19H26BN3. The van der Waals surface area contributed by atoms with Gasteiger partial charge in [0.25, 0.3) is 0 Å². The fourth-order valence-electron chi connectivity index (χ4n) is 1.91. The smallest absolute Gasteiger partial charge is 0.0653 e. The minimum absolute atomic E-state index is 0.794. The summed E-state index contributed by atoms with van der Waals surface area (Å²) in [5, 5.41) is 6.16. The number of rotatable bonds is 11. The van der Waals surface area contributed by atoms with Gasteiger partial charge in [-0.2, -0.15) is 5.10 Å². The Balaban J connectivity index is 2.14. The van der Waals surface area contributed by atoms with Crippen molar-refractivity contribution in [3.63, 3.8) is 0 Å². The van der Waals surface area contributed by atoms with Gasteiger partial charge in [-0.1, -0.05) is 55.9 Å². The van der Waals surface area contributed by atoms with Crippen LogP contribution in [0.5, 0.6) is 0 Å². The van der Waals surface area contributed by atoms with E-state index in [1.54, 1.807) is 6.21 Å². The van der Waals surface area contributed by atoms with E-state index in [1.165, 1.54) is 12.8 Å².